The van der Waals surface area contributed by atoms with E-state index in [0.29, 0.717) is 0 Å². The molecule has 1 saturated heterocycles. The van der Waals surface area contributed by atoms with Crippen LogP contribution >= 0.6 is 12.6 Å². The third-order valence-corrected chi connectivity index (χ3v) is 2.16. The Bertz CT molecular complexity index is 126. The van der Waals surface area contributed by atoms with E-state index in [2.05, 4.69) is 12.6 Å². The van der Waals surface area contributed by atoms with Crippen LogP contribution in [0.4, 0.5) is 0 Å². The highest BCUT2D eigenvalue weighted by Crippen LogP contribution is 2.19. The second kappa shape index (κ2) is 2.60. The molecule has 52 valence electrons. The van der Waals surface area contributed by atoms with Crippen LogP contribution in [0.2, 0.25) is 0 Å². The van der Waals surface area contributed by atoms with Gasteiger partial charge in [-0.15, -0.1) is 0 Å². The smallest absolute Gasteiger partial charge is 0.220 e. The van der Waals surface area contributed by atoms with Gasteiger partial charge in [0, 0.05) is 13.5 Å². The average Bonchev–Trinajstić information content (AvgIpc) is 2.13. The van der Waals surface area contributed by atoms with Crippen molar-refractivity contribution in [2.24, 2.45) is 0 Å². The molecule has 1 atom stereocenters. The van der Waals surface area contributed by atoms with E-state index in [0.717, 1.165) is 19.4 Å². The second-order valence-corrected chi connectivity index (χ2v) is 2.93. The Morgan fingerprint density at radius 2 is 2.44 bits per heavy atom. The van der Waals surface area contributed by atoms with Crippen molar-refractivity contribution < 1.29 is 4.79 Å². The molecule has 0 N–H and O–H groups in total. The van der Waals surface area contributed by atoms with E-state index in [1.54, 1.807) is 11.8 Å². The van der Waals surface area contributed by atoms with Gasteiger partial charge in [0.2, 0.25) is 5.91 Å². The summed E-state index contributed by atoms with van der Waals surface area (Å²) in [5.41, 5.74) is 0. The number of carbonyl (C=O) groups is 1. The molecule has 1 aliphatic heterocycles. The largest absolute Gasteiger partial charge is 0.331 e. The molecule has 0 aliphatic carbocycles. The van der Waals surface area contributed by atoms with E-state index in [-0.39, 0.29) is 11.3 Å². The molecule has 0 radical (unpaired) electrons. The van der Waals surface area contributed by atoms with Crippen molar-refractivity contribution in [2.45, 2.75) is 25.1 Å². The number of thiol groups is 1. The molecule has 1 unspecified atom stereocenters. The molecule has 0 aromatic heterocycles. The van der Waals surface area contributed by atoms with Crippen LogP contribution < -0.4 is 0 Å². The Balaban J connectivity index is 2.49. The van der Waals surface area contributed by atoms with Crippen molar-refractivity contribution >= 4 is 18.5 Å². The Morgan fingerprint density at radius 3 is 2.67 bits per heavy atom. The van der Waals surface area contributed by atoms with Gasteiger partial charge in [0.05, 0.1) is 5.37 Å². The predicted octanol–water partition coefficient (Wildman–Crippen LogP) is 0.885. The summed E-state index contributed by atoms with van der Waals surface area (Å²) in [6, 6.07) is 0. The number of rotatable bonds is 0. The van der Waals surface area contributed by atoms with Gasteiger partial charge in [0.15, 0.2) is 0 Å². The number of hydrogen-bond donors (Lipinski definition) is 1. The summed E-state index contributed by atoms with van der Waals surface area (Å²) in [7, 11) is 0. The lowest BCUT2D eigenvalue weighted by Crippen LogP contribution is -2.29. The monoisotopic (exact) mass is 145 g/mol. The minimum Gasteiger partial charge on any atom is -0.331 e. The molecule has 0 aromatic rings. The van der Waals surface area contributed by atoms with Crippen LogP contribution in [-0.4, -0.2) is 22.7 Å². The van der Waals surface area contributed by atoms with Crippen molar-refractivity contribution in [3.63, 3.8) is 0 Å². The zero-order valence-electron chi connectivity index (χ0n) is 5.50. The van der Waals surface area contributed by atoms with Crippen LogP contribution in [0.25, 0.3) is 0 Å². The molecule has 0 saturated carbocycles. The minimum absolute atomic E-state index is 0.146. The van der Waals surface area contributed by atoms with Crippen LogP contribution in [0.1, 0.15) is 19.8 Å². The maximum Gasteiger partial charge on any atom is 0.220 e. The average molecular weight is 145 g/mol. The Labute approximate surface area is 60.6 Å². The fourth-order valence-electron chi connectivity index (χ4n) is 1.12. The van der Waals surface area contributed by atoms with E-state index in [1.165, 1.54) is 0 Å². The van der Waals surface area contributed by atoms with Crippen molar-refractivity contribution in [3.05, 3.63) is 0 Å². The number of likely N-dealkylation sites (tertiary alicyclic amines) is 1. The first-order chi connectivity index (χ1) is 4.22. The maximum absolute atomic E-state index is 10.7. The molecule has 0 bridgehead atoms. The number of carbonyl (C=O) groups excluding carboxylic acids is 1. The topological polar surface area (TPSA) is 20.3 Å². The lowest BCUT2D eigenvalue weighted by Gasteiger charge is -2.17. The van der Waals surface area contributed by atoms with Gasteiger partial charge in [-0.3, -0.25) is 4.79 Å². The van der Waals surface area contributed by atoms with Gasteiger partial charge >= 0.3 is 0 Å². The lowest BCUT2D eigenvalue weighted by atomic mass is 10.4. The molecule has 1 aliphatic rings. The van der Waals surface area contributed by atoms with Gasteiger partial charge in [-0.25, -0.2) is 0 Å². The summed E-state index contributed by atoms with van der Waals surface area (Å²) >= 11 is 4.23. The molecule has 9 heavy (non-hydrogen) atoms. The molecule has 1 rings (SSSR count). The maximum atomic E-state index is 10.7. The molecular weight excluding hydrogens is 134 g/mol. The summed E-state index contributed by atoms with van der Waals surface area (Å²) in [4.78, 5) is 12.5. The summed E-state index contributed by atoms with van der Waals surface area (Å²) in [6.45, 7) is 2.48. The molecule has 0 aromatic carbocycles. The fourth-order valence-corrected chi connectivity index (χ4v) is 1.58. The summed E-state index contributed by atoms with van der Waals surface area (Å²) in [5, 5.41) is 0.183. The van der Waals surface area contributed by atoms with E-state index in [9.17, 15) is 4.79 Å². The van der Waals surface area contributed by atoms with Gasteiger partial charge in [0.1, 0.15) is 0 Å². The quantitative estimate of drug-likeness (QED) is 0.502. The predicted molar refractivity (Wildman–Crippen MR) is 39.4 cm³/mol. The summed E-state index contributed by atoms with van der Waals surface area (Å²) < 4.78 is 0. The van der Waals surface area contributed by atoms with Gasteiger partial charge in [-0.1, -0.05) is 0 Å². The van der Waals surface area contributed by atoms with Gasteiger partial charge in [-0.05, 0) is 12.8 Å². The van der Waals surface area contributed by atoms with E-state index in [4.69, 9.17) is 0 Å². The van der Waals surface area contributed by atoms with E-state index >= 15 is 0 Å². The van der Waals surface area contributed by atoms with Crippen molar-refractivity contribution in [1.29, 1.82) is 0 Å². The third-order valence-electron chi connectivity index (χ3n) is 1.63. The normalized spacial score (nSPS) is 26.9. The van der Waals surface area contributed by atoms with Crippen LogP contribution in [0.5, 0.6) is 0 Å². The van der Waals surface area contributed by atoms with Crippen LogP contribution in [0.15, 0.2) is 0 Å². The standard InChI is InChI=1S/C6H11NOS/c1-5(8)7-4-2-3-6(7)9/h6,9H,2-4H2,1H3. The zero-order chi connectivity index (χ0) is 6.85. The molecule has 0 spiro atoms. The minimum atomic E-state index is 0.146. The highest BCUT2D eigenvalue weighted by Gasteiger charge is 2.22. The molecule has 1 amide bonds. The highest BCUT2D eigenvalue weighted by atomic mass is 32.1. The third kappa shape index (κ3) is 1.39. The van der Waals surface area contributed by atoms with Crippen LogP contribution in [0.3, 0.4) is 0 Å². The first-order valence-corrected chi connectivity index (χ1v) is 3.69. The van der Waals surface area contributed by atoms with Crippen molar-refractivity contribution in [1.82, 2.24) is 4.90 Å². The second-order valence-electron chi connectivity index (χ2n) is 2.34. The zero-order valence-corrected chi connectivity index (χ0v) is 6.40. The molecule has 1 fully saturated rings. The van der Waals surface area contributed by atoms with Gasteiger partial charge in [0.25, 0.3) is 0 Å². The number of nitrogens with zero attached hydrogens (tertiary/aromatic N) is 1. The Hall–Kier alpha value is -0.180. The summed E-state index contributed by atoms with van der Waals surface area (Å²) in [5.74, 6) is 0.146. The SMILES string of the molecule is CC(=O)N1CCCC1S. The molecular formula is C6H11NOS. The first-order valence-electron chi connectivity index (χ1n) is 3.17. The molecule has 1 heterocycles. The number of amides is 1. The van der Waals surface area contributed by atoms with Gasteiger partial charge in [-0.2, -0.15) is 12.6 Å². The van der Waals surface area contributed by atoms with E-state index < -0.39 is 0 Å². The molecule has 3 heteroatoms. The summed E-state index contributed by atoms with van der Waals surface area (Å²) in [6.07, 6.45) is 2.15. The van der Waals surface area contributed by atoms with Crippen molar-refractivity contribution in [3.8, 4) is 0 Å². The fraction of sp³-hybridized carbons (Fsp3) is 0.833. The van der Waals surface area contributed by atoms with Gasteiger partial charge < -0.3 is 4.90 Å². The van der Waals surface area contributed by atoms with Crippen molar-refractivity contribution in [2.75, 3.05) is 6.54 Å². The Kier molecular flexibility index (Phi) is 2.01. The molecule has 2 nitrogen and oxygen atoms in total. The van der Waals surface area contributed by atoms with Crippen LogP contribution in [-0.2, 0) is 4.79 Å². The first kappa shape index (κ1) is 6.93. The number of hydrogen-bond acceptors (Lipinski definition) is 2. The lowest BCUT2D eigenvalue weighted by molar-refractivity contribution is -0.128. The Morgan fingerprint density at radius 1 is 1.78 bits per heavy atom. The van der Waals surface area contributed by atoms with E-state index in [1.807, 2.05) is 0 Å². The highest BCUT2D eigenvalue weighted by molar-refractivity contribution is 7.80. The van der Waals surface area contributed by atoms with Crippen LogP contribution in [0, 0.1) is 0 Å².